The van der Waals surface area contributed by atoms with E-state index in [1.165, 1.54) is 4.90 Å². The molecule has 1 aromatic carbocycles. The molecule has 1 aliphatic carbocycles. The van der Waals surface area contributed by atoms with Crippen molar-refractivity contribution in [2.24, 2.45) is 5.41 Å². The van der Waals surface area contributed by atoms with E-state index in [9.17, 15) is 14.4 Å². The lowest BCUT2D eigenvalue weighted by atomic mass is 9.77. The number of anilines is 1. The van der Waals surface area contributed by atoms with Crippen molar-refractivity contribution in [1.82, 2.24) is 4.90 Å². The highest BCUT2D eigenvalue weighted by molar-refractivity contribution is 6.03. The molecule has 7 heteroatoms. The molecule has 1 heterocycles. The maximum atomic E-state index is 13.4. The lowest BCUT2D eigenvalue weighted by Gasteiger charge is -2.37. The van der Waals surface area contributed by atoms with Crippen LogP contribution in [-0.4, -0.2) is 49.0 Å². The number of benzene rings is 1. The van der Waals surface area contributed by atoms with Crippen LogP contribution in [0.3, 0.4) is 0 Å². The molecule has 0 spiro atoms. The zero-order valence-electron chi connectivity index (χ0n) is 16.5. The Morgan fingerprint density at radius 2 is 1.86 bits per heavy atom. The highest BCUT2D eigenvalue weighted by Crippen LogP contribution is 2.44. The van der Waals surface area contributed by atoms with Crippen molar-refractivity contribution in [3.63, 3.8) is 0 Å². The summed E-state index contributed by atoms with van der Waals surface area (Å²) in [5, 5.41) is 3.25. The number of likely N-dealkylation sites (tertiary alicyclic amines) is 1. The first-order valence-corrected chi connectivity index (χ1v) is 9.94. The number of carbonyl (C=O) groups is 3. The molecule has 1 aliphatic heterocycles. The van der Waals surface area contributed by atoms with E-state index in [1.54, 1.807) is 38.3 Å². The molecule has 0 bridgehead atoms. The molecule has 0 aromatic heterocycles. The van der Waals surface area contributed by atoms with Gasteiger partial charge in [0.1, 0.15) is 11.8 Å². The molecule has 28 heavy (non-hydrogen) atoms. The van der Waals surface area contributed by atoms with Crippen LogP contribution in [0.2, 0.25) is 0 Å². The lowest BCUT2D eigenvalue weighted by Crippen LogP contribution is -2.55. The molecule has 152 valence electrons. The number of methoxy groups -OCH3 is 1. The van der Waals surface area contributed by atoms with Crippen LogP contribution in [0.15, 0.2) is 24.3 Å². The van der Waals surface area contributed by atoms with Gasteiger partial charge in [0.15, 0.2) is 0 Å². The number of nitrogens with zero attached hydrogens (tertiary/aromatic N) is 1. The predicted octanol–water partition coefficient (Wildman–Crippen LogP) is 2.75. The maximum Gasteiger partial charge on any atom is 0.314 e. The van der Waals surface area contributed by atoms with Crippen LogP contribution in [0.5, 0.6) is 5.75 Å². The van der Waals surface area contributed by atoms with Gasteiger partial charge in [0, 0.05) is 18.7 Å². The van der Waals surface area contributed by atoms with Gasteiger partial charge >= 0.3 is 5.97 Å². The number of amides is 2. The van der Waals surface area contributed by atoms with Gasteiger partial charge in [-0.3, -0.25) is 19.3 Å². The van der Waals surface area contributed by atoms with Crippen molar-refractivity contribution in [3.05, 3.63) is 24.3 Å². The Kier molecular flexibility index (Phi) is 6.21. The van der Waals surface area contributed by atoms with Gasteiger partial charge in [0.2, 0.25) is 5.91 Å². The summed E-state index contributed by atoms with van der Waals surface area (Å²) in [7, 11) is 1.59. The van der Waals surface area contributed by atoms with Gasteiger partial charge in [0.05, 0.1) is 19.1 Å². The highest BCUT2D eigenvalue weighted by Gasteiger charge is 2.53. The first-order chi connectivity index (χ1) is 13.5. The summed E-state index contributed by atoms with van der Waals surface area (Å²) in [6, 6.07) is 6.34. The predicted molar refractivity (Wildman–Crippen MR) is 104 cm³/mol. The van der Waals surface area contributed by atoms with Gasteiger partial charge in [-0.25, -0.2) is 0 Å². The molecule has 1 saturated carbocycles. The fourth-order valence-corrected chi connectivity index (χ4v) is 4.22. The van der Waals surface area contributed by atoms with Crippen molar-refractivity contribution in [2.45, 2.75) is 51.5 Å². The summed E-state index contributed by atoms with van der Waals surface area (Å²) in [4.78, 5) is 39.9. The van der Waals surface area contributed by atoms with Crippen LogP contribution in [0.25, 0.3) is 0 Å². The smallest absolute Gasteiger partial charge is 0.314 e. The Morgan fingerprint density at radius 3 is 2.39 bits per heavy atom. The summed E-state index contributed by atoms with van der Waals surface area (Å²) in [6.07, 6.45) is 3.85. The van der Waals surface area contributed by atoms with E-state index in [0.717, 1.165) is 12.8 Å². The number of imide groups is 1. The highest BCUT2D eigenvalue weighted by atomic mass is 16.5. The molecule has 3 rings (SSSR count). The number of hydrogen-bond donors (Lipinski definition) is 1. The molecule has 2 fully saturated rings. The van der Waals surface area contributed by atoms with Gasteiger partial charge in [-0.2, -0.15) is 0 Å². The Bertz CT molecular complexity index is 725. The summed E-state index contributed by atoms with van der Waals surface area (Å²) >= 11 is 0. The Balaban J connectivity index is 1.95. The third-order valence-corrected chi connectivity index (χ3v) is 5.72. The third-order valence-electron chi connectivity index (χ3n) is 5.72. The summed E-state index contributed by atoms with van der Waals surface area (Å²) in [5.41, 5.74) is -0.267. The van der Waals surface area contributed by atoms with E-state index in [0.29, 0.717) is 43.7 Å². The topological polar surface area (TPSA) is 84.9 Å². The van der Waals surface area contributed by atoms with Crippen LogP contribution < -0.4 is 10.1 Å². The Labute approximate surface area is 165 Å². The van der Waals surface area contributed by atoms with Crippen LogP contribution in [0.1, 0.15) is 45.4 Å². The maximum absolute atomic E-state index is 13.4. The van der Waals surface area contributed by atoms with E-state index in [4.69, 9.17) is 9.47 Å². The average molecular weight is 388 g/mol. The molecule has 1 unspecified atom stereocenters. The number of rotatable bonds is 7. The first-order valence-electron chi connectivity index (χ1n) is 9.94. The lowest BCUT2D eigenvalue weighted by molar-refractivity contribution is -0.161. The molecule has 2 aliphatic rings. The molecule has 1 N–H and O–H groups in total. The van der Waals surface area contributed by atoms with Gasteiger partial charge in [-0.05, 0) is 50.5 Å². The number of esters is 1. The average Bonchev–Trinajstić information content (AvgIpc) is 3.36. The molecule has 0 radical (unpaired) electrons. The Hall–Kier alpha value is -2.57. The second-order valence-corrected chi connectivity index (χ2v) is 7.38. The zero-order valence-corrected chi connectivity index (χ0v) is 16.5. The second kappa shape index (κ2) is 8.63. The minimum absolute atomic E-state index is 0.177. The van der Waals surface area contributed by atoms with E-state index < -0.39 is 11.5 Å². The quantitative estimate of drug-likeness (QED) is 0.723. The molecule has 1 saturated heterocycles. The summed E-state index contributed by atoms with van der Waals surface area (Å²) in [6.45, 7) is 2.42. The van der Waals surface area contributed by atoms with Gasteiger partial charge in [-0.1, -0.05) is 12.8 Å². The van der Waals surface area contributed by atoms with E-state index >= 15 is 0 Å². The van der Waals surface area contributed by atoms with Gasteiger partial charge in [-0.15, -0.1) is 0 Å². The largest absolute Gasteiger partial charge is 0.497 e. The first kappa shape index (κ1) is 20.2. The summed E-state index contributed by atoms with van der Waals surface area (Å²) < 4.78 is 10.6. The van der Waals surface area contributed by atoms with E-state index in [2.05, 4.69) is 5.32 Å². The molecule has 7 nitrogen and oxygen atoms in total. The summed E-state index contributed by atoms with van der Waals surface area (Å²) in [5.74, 6) is -0.181. The number of carbonyl (C=O) groups excluding carboxylic acids is 3. The van der Waals surface area contributed by atoms with Crippen LogP contribution in [-0.2, 0) is 19.1 Å². The molecular formula is C21H28N2O5. The van der Waals surface area contributed by atoms with E-state index in [-0.39, 0.29) is 24.4 Å². The van der Waals surface area contributed by atoms with Crippen LogP contribution >= 0.6 is 0 Å². The molecular weight excluding hydrogens is 360 g/mol. The van der Waals surface area contributed by atoms with Crippen molar-refractivity contribution >= 4 is 23.5 Å². The minimum atomic E-state index is -0.962. The van der Waals surface area contributed by atoms with Crippen molar-refractivity contribution in [1.29, 1.82) is 0 Å². The number of hydrogen-bond acceptors (Lipinski definition) is 6. The monoisotopic (exact) mass is 388 g/mol. The fourth-order valence-electron chi connectivity index (χ4n) is 4.22. The number of ether oxygens (including phenoxy) is 2. The van der Waals surface area contributed by atoms with Crippen molar-refractivity contribution in [3.8, 4) is 5.75 Å². The SMILES string of the molecule is CCOC(=O)C1(C(Nc2ccc(OC)cc2)C(=O)N2CCCC2=O)CCCC1. The number of nitrogens with one attached hydrogen (secondary N) is 1. The van der Waals surface area contributed by atoms with Crippen LogP contribution in [0, 0.1) is 5.41 Å². The van der Waals surface area contributed by atoms with E-state index in [1.807, 2.05) is 0 Å². The Morgan fingerprint density at radius 1 is 1.18 bits per heavy atom. The molecule has 1 atom stereocenters. The third kappa shape index (κ3) is 3.84. The fraction of sp³-hybridized carbons (Fsp3) is 0.571. The van der Waals surface area contributed by atoms with Crippen LogP contribution in [0.4, 0.5) is 5.69 Å². The van der Waals surface area contributed by atoms with Crippen molar-refractivity contribution in [2.75, 3.05) is 25.6 Å². The standard InChI is InChI=1S/C21H28N2O5/c1-3-28-20(26)21(12-4-5-13-21)18(19(25)23-14-6-7-17(23)24)22-15-8-10-16(27-2)11-9-15/h8-11,18,22H,3-7,12-14H2,1-2H3. The zero-order chi connectivity index (χ0) is 20.1. The second-order valence-electron chi connectivity index (χ2n) is 7.38. The van der Waals surface area contributed by atoms with Gasteiger partial charge < -0.3 is 14.8 Å². The minimum Gasteiger partial charge on any atom is -0.497 e. The van der Waals surface area contributed by atoms with Crippen molar-refractivity contribution < 1.29 is 23.9 Å². The van der Waals surface area contributed by atoms with Gasteiger partial charge in [0.25, 0.3) is 5.91 Å². The molecule has 2 amide bonds. The normalized spacial score (nSPS) is 19.4. The molecule has 1 aromatic rings.